The number of nitrogens with zero attached hydrogens (tertiary/aromatic N) is 1. The molecule has 0 heterocycles. The van der Waals surface area contributed by atoms with E-state index in [1.54, 1.807) is 0 Å². The van der Waals surface area contributed by atoms with Crippen LogP contribution in [0.5, 0.6) is 0 Å². The Morgan fingerprint density at radius 3 is 2.50 bits per heavy atom. The van der Waals surface area contributed by atoms with Crippen molar-refractivity contribution in [3.63, 3.8) is 0 Å². The Labute approximate surface area is 124 Å². The minimum atomic E-state index is 0.497. The quantitative estimate of drug-likeness (QED) is 0.736. The molecular formula is C18H30N2. The van der Waals surface area contributed by atoms with Crippen LogP contribution in [0.2, 0.25) is 0 Å². The molecule has 0 spiro atoms. The molecule has 0 bridgehead atoms. The fourth-order valence-electron chi connectivity index (χ4n) is 3.05. The molecule has 0 aliphatic heterocycles. The highest BCUT2D eigenvalue weighted by atomic mass is 15.1. The second-order valence-electron chi connectivity index (χ2n) is 6.00. The first-order chi connectivity index (χ1) is 9.83. The minimum absolute atomic E-state index is 0.497. The largest absolute Gasteiger partial charge is 0.310 e. The predicted molar refractivity (Wildman–Crippen MR) is 86.9 cm³/mol. The van der Waals surface area contributed by atoms with E-state index in [4.69, 9.17) is 0 Å². The van der Waals surface area contributed by atoms with Gasteiger partial charge in [0.1, 0.15) is 0 Å². The zero-order valence-electron chi connectivity index (χ0n) is 13.1. The molecule has 1 aromatic rings. The van der Waals surface area contributed by atoms with E-state index in [1.807, 2.05) is 0 Å². The van der Waals surface area contributed by atoms with Crippen molar-refractivity contribution < 1.29 is 0 Å². The molecule has 1 aliphatic rings. The second-order valence-corrected chi connectivity index (χ2v) is 6.00. The molecule has 1 atom stereocenters. The van der Waals surface area contributed by atoms with Crippen LogP contribution in [-0.2, 0) is 0 Å². The number of rotatable bonds is 9. The lowest BCUT2D eigenvalue weighted by molar-refractivity contribution is 0.177. The van der Waals surface area contributed by atoms with Crippen molar-refractivity contribution in [2.75, 3.05) is 26.2 Å². The molecule has 2 heteroatoms. The van der Waals surface area contributed by atoms with Gasteiger partial charge in [0.05, 0.1) is 0 Å². The highest BCUT2D eigenvalue weighted by Gasteiger charge is 2.20. The first-order valence-electron chi connectivity index (χ1n) is 8.34. The van der Waals surface area contributed by atoms with Crippen LogP contribution in [-0.4, -0.2) is 31.1 Å². The lowest BCUT2D eigenvalue weighted by Crippen LogP contribution is -2.35. The summed E-state index contributed by atoms with van der Waals surface area (Å²) >= 11 is 0. The van der Waals surface area contributed by atoms with E-state index in [0.29, 0.717) is 6.04 Å². The highest BCUT2D eigenvalue weighted by molar-refractivity contribution is 5.18. The fourth-order valence-corrected chi connectivity index (χ4v) is 3.05. The van der Waals surface area contributed by atoms with Crippen LogP contribution in [0, 0.1) is 5.92 Å². The van der Waals surface area contributed by atoms with Crippen LogP contribution in [0.25, 0.3) is 0 Å². The maximum atomic E-state index is 3.63. The zero-order chi connectivity index (χ0) is 14.2. The summed E-state index contributed by atoms with van der Waals surface area (Å²) in [5.74, 6) is 0.976. The minimum Gasteiger partial charge on any atom is -0.310 e. The SMILES string of the molecule is CCNC(CCN(CC)CC1CCC1)c1ccccc1. The van der Waals surface area contributed by atoms with E-state index in [9.17, 15) is 0 Å². The standard InChI is InChI=1S/C18H30N2/c1-3-19-18(17-11-6-5-7-12-17)13-14-20(4-2)15-16-9-8-10-16/h5-7,11-12,16,18-19H,3-4,8-10,13-15H2,1-2H3. The summed E-state index contributed by atoms with van der Waals surface area (Å²) in [5, 5.41) is 3.63. The monoisotopic (exact) mass is 274 g/mol. The van der Waals surface area contributed by atoms with E-state index in [-0.39, 0.29) is 0 Å². The van der Waals surface area contributed by atoms with E-state index in [0.717, 1.165) is 12.5 Å². The molecule has 1 unspecified atom stereocenters. The fraction of sp³-hybridized carbons (Fsp3) is 0.667. The zero-order valence-corrected chi connectivity index (χ0v) is 13.1. The third-order valence-corrected chi connectivity index (χ3v) is 4.57. The predicted octanol–water partition coefficient (Wildman–Crippen LogP) is 3.85. The van der Waals surface area contributed by atoms with Crippen LogP contribution in [0.3, 0.4) is 0 Å². The van der Waals surface area contributed by atoms with Crippen molar-refractivity contribution in [1.29, 1.82) is 0 Å². The van der Waals surface area contributed by atoms with Gasteiger partial charge in [0.15, 0.2) is 0 Å². The summed E-state index contributed by atoms with van der Waals surface area (Å²) < 4.78 is 0. The Morgan fingerprint density at radius 2 is 1.95 bits per heavy atom. The van der Waals surface area contributed by atoms with Gasteiger partial charge < -0.3 is 10.2 Å². The lowest BCUT2D eigenvalue weighted by atomic mass is 9.85. The van der Waals surface area contributed by atoms with Gasteiger partial charge in [-0.1, -0.05) is 50.6 Å². The van der Waals surface area contributed by atoms with Gasteiger partial charge in [0.25, 0.3) is 0 Å². The van der Waals surface area contributed by atoms with Gasteiger partial charge in [-0.25, -0.2) is 0 Å². The van der Waals surface area contributed by atoms with E-state index < -0.39 is 0 Å². The number of hydrogen-bond acceptors (Lipinski definition) is 2. The lowest BCUT2D eigenvalue weighted by Gasteiger charge is -2.32. The number of nitrogens with one attached hydrogen (secondary N) is 1. The van der Waals surface area contributed by atoms with Gasteiger partial charge in [-0.15, -0.1) is 0 Å². The summed E-state index contributed by atoms with van der Waals surface area (Å²) in [6.45, 7) is 9.23. The van der Waals surface area contributed by atoms with Crippen molar-refractivity contribution in [3.05, 3.63) is 35.9 Å². The average molecular weight is 274 g/mol. The summed E-state index contributed by atoms with van der Waals surface area (Å²) in [6, 6.07) is 11.4. The highest BCUT2D eigenvalue weighted by Crippen LogP contribution is 2.27. The topological polar surface area (TPSA) is 15.3 Å². The summed E-state index contributed by atoms with van der Waals surface area (Å²) in [6.07, 6.45) is 5.56. The average Bonchev–Trinajstić information content (AvgIpc) is 2.45. The van der Waals surface area contributed by atoms with Gasteiger partial charge in [-0.2, -0.15) is 0 Å². The smallest absolute Gasteiger partial charge is 0.0332 e. The molecule has 1 fully saturated rings. The molecule has 112 valence electrons. The van der Waals surface area contributed by atoms with Crippen molar-refractivity contribution in [2.45, 2.75) is 45.6 Å². The van der Waals surface area contributed by atoms with E-state index in [1.165, 1.54) is 50.9 Å². The Balaban J connectivity index is 1.83. The first-order valence-corrected chi connectivity index (χ1v) is 8.34. The third-order valence-electron chi connectivity index (χ3n) is 4.57. The van der Waals surface area contributed by atoms with Gasteiger partial charge in [-0.05, 0) is 50.4 Å². The van der Waals surface area contributed by atoms with Gasteiger partial charge in [0.2, 0.25) is 0 Å². The van der Waals surface area contributed by atoms with E-state index in [2.05, 4.69) is 54.4 Å². The normalized spacial score (nSPS) is 17.1. The van der Waals surface area contributed by atoms with Crippen molar-refractivity contribution in [2.24, 2.45) is 5.92 Å². The molecule has 0 amide bonds. The van der Waals surface area contributed by atoms with Crippen molar-refractivity contribution >= 4 is 0 Å². The van der Waals surface area contributed by atoms with E-state index >= 15 is 0 Å². The molecule has 20 heavy (non-hydrogen) atoms. The first kappa shape index (κ1) is 15.5. The Kier molecular flexibility index (Phi) is 6.55. The van der Waals surface area contributed by atoms with Gasteiger partial charge in [-0.3, -0.25) is 0 Å². The molecule has 2 rings (SSSR count). The summed E-state index contributed by atoms with van der Waals surface area (Å²) in [4.78, 5) is 2.64. The molecular weight excluding hydrogens is 244 g/mol. The van der Waals surface area contributed by atoms with Crippen LogP contribution >= 0.6 is 0 Å². The van der Waals surface area contributed by atoms with Crippen molar-refractivity contribution in [3.8, 4) is 0 Å². The van der Waals surface area contributed by atoms with Gasteiger partial charge in [0, 0.05) is 12.6 Å². The Bertz CT molecular complexity index is 359. The van der Waals surface area contributed by atoms with Gasteiger partial charge >= 0.3 is 0 Å². The van der Waals surface area contributed by atoms with Crippen LogP contribution in [0.1, 0.15) is 51.1 Å². The van der Waals surface area contributed by atoms with Crippen LogP contribution in [0.15, 0.2) is 30.3 Å². The maximum absolute atomic E-state index is 3.63. The molecule has 1 saturated carbocycles. The number of hydrogen-bond donors (Lipinski definition) is 1. The molecule has 1 aromatic carbocycles. The molecule has 0 saturated heterocycles. The molecule has 0 radical (unpaired) electrons. The Hall–Kier alpha value is -0.860. The summed E-state index contributed by atoms with van der Waals surface area (Å²) in [5.41, 5.74) is 1.43. The van der Waals surface area contributed by atoms with Crippen LogP contribution < -0.4 is 5.32 Å². The van der Waals surface area contributed by atoms with Crippen LogP contribution in [0.4, 0.5) is 0 Å². The Morgan fingerprint density at radius 1 is 1.20 bits per heavy atom. The second kappa shape index (κ2) is 8.43. The van der Waals surface area contributed by atoms with Crippen molar-refractivity contribution in [1.82, 2.24) is 10.2 Å². The number of benzene rings is 1. The molecule has 1 N–H and O–H groups in total. The third kappa shape index (κ3) is 4.60. The molecule has 1 aliphatic carbocycles. The molecule has 0 aromatic heterocycles. The maximum Gasteiger partial charge on any atom is 0.0332 e. The molecule has 2 nitrogen and oxygen atoms in total. The summed E-state index contributed by atoms with van der Waals surface area (Å²) in [7, 11) is 0.